The molecule has 3 aromatic heterocycles. The molecule has 0 aliphatic rings. The summed E-state index contributed by atoms with van der Waals surface area (Å²) >= 11 is 1.79. The summed E-state index contributed by atoms with van der Waals surface area (Å²) in [7, 11) is 0. The molecule has 0 saturated heterocycles. The van der Waals surface area contributed by atoms with Crippen LogP contribution in [0.1, 0.15) is 35.4 Å². The van der Waals surface area contributed by atoms with Crippen molar-refractivity contribution in [2.45, 2.75) is 26.3 Å². The van der Waals surface area contributed by atoms with E-state index in [-0.39, 0.29) is 6.04 Å². The highest BCUT2D eigenvalue weighted by molar-refractivity contribution is 7.10. The van der Waals surface area contributed by atoms with Crippen LogP contribution in [-0.2, 0) is 0 Å². The zero-order chi connectivity index (χ0) is 13.9. The van der Waals surface area contributed by atoms with Crippen molar-refractivity contribution >= 4 is 16.9 Å². The van der Waals surface area contributed by atoms with Gasteiger partial charge in [0, 0.05) is 22.8 Å². The molecule has 4 nitrogen and oxygen atoms in total. The van der Waals surface area contributed by atoms with E-state index in [2.05, 4.69) is 40.7 Å². The number of fused-ring (bicyclic) bond motifs is 1. The van der Waals surface area contributed by atoms with E-state index in [0.29, 0.717) is 0 Å². The van der Waals surface area contributed by atoms with E-state index < -0.39 is 0 Å². The molecule has 1 N–H and O–H groups in total. The van der Waals surface area contributed by atoms with Crippen molar-refractivity contribution in [1.29, 1.82) is 0 Å². The lowest BCUT2D eigenvalue weighted by atomic mass is 10.0. The van der Waals surface area contributed by atoms with Crippen LogP contribution in [-0.4, -0.2) is 21.1 Å². The lowest BCUT2D eigenvalue weighted by Crippen LogP contribution is -2.22. The molecule has 5 heteroatoms. The fourth-order valence-electron chi connectivity index (χ4n) is 2.39. The van der Waals surface area contributed by atoms with Gasteiger partial charge in [-0.15, -0.1) is 11.3 Å². The van der Waals surface area contributed by atoms with Gasteiger partial charge in [-0.3, -0.25) is 4.98 Å². The first-order valence-corrected chi connectivity index (χ1v) is 7.74. The van der Waals surface area contributed by atoms with E-state index in [1.54, 1.807) is 17.5 Å². The largest absolute Gasteiger partial charge is 0.305 e. The van der Waals surface area contributed by atoms with Crippen molar-refractivity contribution in [3.05, 3.63) is 52.2 Å². The third kappa shape index (κ3) is 2.34. The normalized spacial score (nSPS) is 12.9. The molecule has 104 valence electrons. The van der Waals surface area contributed by atoms with Crippen molar-refractivity contribution in [1.82, 2.24) is 19.9 Å². The second kappa shape index (κ2) is 5.73. The molecule has 0 aliphatic heterocycles. The van der Waals surface area contributed by atoms with Crippen LogP contribution < -0.4 is 5.32 Å². The summed E-state index contributed by atoms with van der Waals surface area (Å²) in [5, 5.41) is 10.2. The molecule has 3 heterocycles. The Kier molecular flexibility index (Phi) is 3.80. The quantitative estimate of drug-likeness (QED) is 0.783. The summed E-state index contributed by atoms with van der Waals surface area (Å²) in [6, 6.07) is 2.36. The summed E-state index contributed by atoms with van der Waals surface area (Å²) in [6.07, 6.45) is 8.58. The van der Waals surface area contributed by atoms with Gasteiger partial charge in [-0.25, -0.2) is 4.52 Å². The van der Waals surface area contributed by atoms with Crippen molar-refractivity contribution < 1.29 is 0 Å². The second-order valence-corrected chi connectivity index (χ2v) is 5.81. The molecule has 3 rings (SSSR count). The Morgan fingerprint density at radius 1 is 1.40 bits per heavy atom. The van der Waals surface area contributed by atoms with Crippen LogP contribution in [0.5, 0.6) is 0 Å². The third-order valence-corrected chi connectivity index (χ3v) is 4.51. The van der Waals surface area contributed by atoms with Crippen LogP contribution in [0.4, 0.5) is 0 Å². The highest BCUT2D eigenvalue weighted by Gasteiger charge is 2.20. The van der Waals surface area contributed by atoms with Crippen LogP contribution in [0.15, 0.2) is 36.2 Å². The highest BCUT2D eigenvalue weighted by atomic mass is 32.1. The van der Waals surface area contributed by atoms with Gasteiger partial charge in [-0.1, -0.05) is 6.92 Å². The Morgan fingerprint density at radius 2 is 2.30 bits per heavy atom. The van der Waals surface area contributed by atoms with Crippen LogP contribution >= 0.6 is 11.3 Å². The van der Waals surface area contributed by atoms with Gasteiger partial charge in [0.25, 0.3) is 0 Å². The zero-order valence-electron chi connectivity index (χ0n) is 11.7. The maximum absolute atomic E-state index is 4.43. The number of rotatable bonds is 5. The van der Waals surface area contributed by atoms with Gasteiger partial charge in [0.05, 0.1) is 24.0 Å². The number of nitrogens with one attached hydrogen (secondary N) is 1. The fourth-order valence-corrected chi connectivity index (χ4v) is 3.41. The summed E-state index contributed by atoms with van der Waals surface area (Å²) in [4.78, 5) is 5.59. The molecule has 0 fully saturated rings. The summed E-state index contributed by atoms with van der Waals surface area (Å²) in [5.74, 6) is 0. The number of aromatic nitrogens is 3. The molecule has 0 radical (unpaired) electrons. The van der Waals surface area contributed by atoms with Gasteiger partial charge < -0.3 is 5.32 Å². The molecule has 0 spiro atoms. The second-order valence-electron chi connectivity index (χ2n) is 4.86. The van der Waals surface area contributed by atoms with Gasteiger partial charge in [0.15, 0.2) is 0 Å². The average Bonchev–Trinajstić information content (AvgIpc) is 3.07. The first-order chi connectivity index (χ1) is 9.81. The molecule has 0 amide bonds. The Hall–Kier alpha value is -1.72. The van der Waals surface area contributed by atoms with Crippen molar-refractivity contribution in [3.8, 4) is 0 Å². The number of thiophene rings is 1. The fraction of sp³-hybridized carbons (Fsp3) is 0.333. The molecule has 1 unspecified atom stereocenters. The molecule has 0 aromatic carbocycles. The van der Waals surface area contributed by atoms with Gasteiger partial charge >= 0.3 is 0 Å². The van der Waals surface area contributed by atoms with Crippen LogP contribution in [0.3, 0.4) is 0 Å². The average molecular weight is 286 g/mol. The molecule has 0 bridgehead atoms. The van der Waals surface area contributed by atoms with E-state index in [1.807, 2.05) is 23.1 Å². The van der Waals surface area contributed by atoms with E-state index in [4.69, 9.17) is 0 Å². The maximum atomic E-state index is 4.43. The zero-order valence-corrected chi connectivity index (χ0v) is 12.5. The number of nitrogens with zero attached hydrogens (tertiary/aromatic N) is 3. The molecule has 3 aromatic rings. The van der Waals surface area contributed by atoms with E-state index in [1.165, 1.54) is 16.0 Å². The van der Waals surface area contributed by atoms with Gasteiger partial charge in [-0.05, 0) is 36.9 Å². The van der Waals surface area contributed by atoms with E-state index in [0.717, 1.165) is 18.5 Å². The number of hydrogen-bond acceptors (Lipinski definition) is 4. The lowest BCUT2D eigenvalue weighted by molar-refractivity contribution is 0.606. The van der Waals surface area contributed by atoms with Gasteiger partial charge in [0.2, 0.25) is 0 Å². The monoisotopic (exact) mass is 286 g/mol. The van der Waals surface area contributed by atoms with Gasteiger partial charge in [-0.2, -0.15) is 5.10 Å². The van der Waals surface area contributed by atoms with Crippen LogP contribution in [0.25, 0.3) is 5.52 Å². The molecular formula is C15H18N4S. The Morgan fingerprint density at radius 3 is 3.05 bits per heavy atom. The SMILES string of the molecule is CCCNC(c1sccc1C)c1cnn2ccncc12. The third-order valence-electron chi connectivity index (χ3n) is 3.43. The predicted molar refractivity (Wildman–Crippen MR) is 82.2 cm³/mol. The molecule has 20 heavy (non-hydrogen) atoms. The maximum Gasteiger partial charge on any atom is 0.0896 e. The van der Waals surface area contributed by atoms with Crippen LogP contribution in [0, 0.1) is 6.92 Å². The van der Waals surface area contributed by atoms with Gasteiger partial charge in [0.1, 0.15) is 0 Å². The van der Waals surface area contributed by atoms with Crippen LogP contribution in [0.2, 0.25) is 0 Å². The summed E-state index contributed by atoms with van der Waals surface area (Å²) in [6.45, 7) is 5.33. The first-order valence-electron chi connectivity index (χ1n) is 6.86. The predicted octanol–water partition coefficient (Wildman–Crippen LogP) is 3.19. The minimum atomic E-state index is 0.191. The van der Waals surface area contributed by atoms with Crippen molar-refractivity contribution in [2.75, 3.05) is 6.54 Å². The molecular weight excluding hydrogens is 268 g/mol. The molecule has 0 aliphatic carbocycles. The van der Waals surface area contributed by atoms with Crippen molar-refractivity contribution in [2.24, 2.45) is 0 Å². The minimum absolute atomic E-state index is 0.191. The van der Waals surface area contributed by atoms with Crippen molar-refractivity contribution in [3.63, 3.8) is 0 Å². The van der Waals surface area contributed by atoms with E-state index in [9.17, 15) is 0 Å². The first kappa shape index (κ1) is 13.3. The Labute approximate surface area is 122 Å². The molecule has 1 atom stereocenters. The summed E-state index contributed by atoms with van der Waals surface area (Å²) < 4.78 is 1.88. The topological polar surface area (TPSA) is 42.2 Å². The number of aryl methyl sites for hydroxylation is 1. The standard InChI is InChI=1S/C15H18N4S/c1-3-5-17-14(15-11(2)4-8-20-15)12-9-18-19-7-6-16-10-13(12)19/h4,6-10,14,17H,3,5H2,1-2H3. The lowest BCUT2D eigenvalue weighted by Gasteiger charge is -2.17. The molecule has 0 saturated carbocycles. The number of hydrogen-bond donors (Lipinski definition) is 1. The Balaban J connectivity index is 2.07. The minimum Gasteiger partial charge on any atom is -0.305 e. The van der Waals surface area contributed by atoms with E-state index >= 15 is 0 Å². The smallest absolute Gasteiger partial charge is 0.0896 e. The summed E-state index contributed by atoms with van der Waals surface area (Å²) in [5.41, 5.74) is 3.58. The highest BCUT2D eigenvalue weighted by Crippen LogP contribution is 2.31. The Bertz CT molecular complexity index is 701.